The van der Waals surface area contributed by atoms with E-state index in [9.17, 15) is 13.2 Å². The molecule has 0 radical (unpaired) electrons. The van der Waals surface area contributed by atoms with Crippen LogP contribution >= 0.6 is 0 Å². The molecule has 1 aromatic carbocycles. The number of carbonyl (C=O) groups is 1. The van der Waals surface area contributed by atoms with Crippen molar-refractivity contribution in [2.75, 3.05) is 18.8 Å². The van der Waals surface area contributed by atoms with Gasteiger partial charge in [0, 0.05) is 18.6 Å². The highest BCUT2D eigenvalue weighted by atomic mass is 32.2. The summed E-state index contributed by atoms with van der Waals surface area (Å²) >= 11 is 0. The molecule has 2 amide bonds. The highest BCUT2D eigenvalue weighted by Gasteiger charge is 2.29. The molecule has 128 valence electrons. The molecular formula is C17H26N2O3S. The predicted molar refractivity (Wildman–Crippen MR) is 91.1 cm³/mol. The van der Waals surface area contributed by atoms with Crippen LogP contribution in [0.5, 0.6) is 0 Å². The fourth-order valence-electron chi connectivity index (χ4n) is 2.82. The summed E-state index contributed by atoms with van der Waals surface area (Å²) in [5, 5.41) is 2.94. The third-order valence-electron chi connectivity index (χ3n) is 3.85. The Morgan fingerprint density at radius 1 is 1.26 bits per heavy atom. The lowest BCUT2D eigenvalue weighted by Gasteiger charge is -2.34. The Balaban J connectivity index is 2.00. The number of amides is 2. The number of nitrogens with zero attached hydrogens (tertiary/aromatic N) is 1. The highest BCUT2D eigenvalue weighted by Crippen LogP contribution is 2.22. The number of benzene rings is 1. The van der Waals surface area contributed by atoms with Crippen molar-refractivity contribution in [1.29, 1.82) is 0 Å². The molecule has 1 saturated heterocycles. The SMILES string of the molecule is CC(C)(C)NC(=O)N1CCCC(CS(=O)(=O)c2ccccc2)C1. The van der Waals surface area contributed by atoms with Gasteiger partial charge in [-0.2, -0.15) is 0 Å². The zero-order valence-corrected chi connectivity index (χ0v) is 14.9. The molecule has 2 rings (SSSR count). The van der Waals surface area contributed by atoms with Crippen LogP contribution in [0, 0.1) is 5.92 Å². The van der Waals surface area contributed by atoms with Crippen LogP contribution in [0.3, 0.4) is 0 Å². The van der Waals surface area contributed by atoms with E-state index >= 15 is 0 Å². The quantitative estimate of drug-likeness (QED) is 0.921. The summed E-state index contributed by atoms with van der Waals surface area (Å²) in [4.78, 5) is 14.4. The van der Waals surface area contributed by atoms with E-state index in [4.69, 9.17) is 0 Å². The summed E-state index contributed by atoms with van der Waals surface area (Å²) in [6, 6.07) is 8.41. The minimum atomic E-state index is -3.30. The van der Waals surface area contributed by atoms with E-state index in [-0.39, 0.29) is 23.2 Å². The van der Waals surface area contributed by atoms with Crippen molar-refractivity contribution in [1.82, 2.24) is 10.2 Å². The van der Waals surface area contributed by atoms with Gasteiger partial charge in [-0.15, -0.1) is 0 Å². The first-order valence-electron chi connectivity index (χ1n) is 8.02. The molecule has 1 N–H and O–H groups in total. The molecule has 0 saturated carbocycles. The van der Waals surface area contributed by atoms with Crippen LogP contribution in [0.2, 0.25) is 0 Å². The monoisotopic (exact) mass is 338 g/mol. The molecule has 0 aromatic heterocycles. The Kier molecular flexibility index (Phi) is 5.34. The summed E-state index contributed by atoms with van der Waals surface area (Å²) < 4.78 is 25.0. The van der Waals surface area contributed by atoms with Gasteiger partial charge in [-0.05, 0) is 51.7 Å². The number of nitrogens with one attached hydrogen (secondary N) is 1. The van der Waals surface area contributed by atoms with Gasteiger partial charge in [0.1, 0.15) is 0 Å². The number of hydrogen-bond acceptors (Lipinski definition) is 3. The van der Waals surface area contributed by atoms with Crippen LogP contribution in [0.1, 0.15) is 33.6 Å². The molecule has 1 unspecified atom stereocenters. The first-order valence-corrected chi connectivity index (χ1v) is 9.67. The average Bonchev–Trinajstić information content (AvgIpc) is 2.46. The Labute approximate surface area is 139 Å². The second-order valence-corrected chi connectivity index (χ2v) is 9.26. The van der Waals surface area contributed by atoms with Crippen LogP contribution in [-0.4, -0.2) is 43.7 Å². The maximum Gasteiger partial charge on any atom is 0.317 e. The van der Waals surface area contributed by atoms with Gasteiger partial charge in [-0.1, -0.05) is 18.2 Å². The molecule has 1 aliphatic rings. The lowest BCUT2D eigenvalue weighted by Crippen LogP contribution is -2.51. The normalized spacial score (nSPS) is 19.4. The summed E-state index contributed by atoms with van der Waals surface area (Å²) in [7, 11) is -3.30. The van der Waals surface area contributed by atoms with Crippen LogP contribution in [0.4, 0.5) is 4.79 Å². The number of urea groups is 1. The van der Waals surface area contributed by atoms with E-state index in [1.807, 2.05) is 20.8 Å². The topological polar surface area (TPSA) is 66.5 Å². The van der Waals surface area contributed by atoms with Gasteiger partial charge >= 0.3 is 6.03 Å². The lowest BCUT2D eigenvalue weighted by molar-refractivity contribution is 0.162. The van der Waals surface area contributed by atoms with Crippen molar-refractivity contribution >= 4 is 15.9 Å². The number of rotatable bonds is 3. The van der Waals surface area contributed by atoms with Crippen LogP contribution in [0.15, 0.2) is 35.2 Å². The van der Waals surface area contributed by atoms with E-state index in [2.05, 4.69) is 5.32 Å². The van der Waals surface area contributed by atoms with Gasteiger partial charge in [0.25, 0.3) is 0 Å². The van der Waals surface area contributed by atoms with Gasteiger partial charge in [0.15, 0.2) is 9.84 Å². The maximum absolute atomic E-state index is 12.5. The van der Waals surface area contributed by atoms with Crippen LogP contribution in [0.25, 0.3) is 0 Å². The summed E-state index contributed by atoms with van der Waals surface area (Å²) in [5.41, 5.74) is -0.292. The van der Waals surface area contributed by atoms with E-state index in [0.717, 1.165) is 12.8 Å². The minimum absolute atomic E-state index is 0.0142. The van der Waals surface area contributed by atoms with E-state index in [0.29, 0.717) is 18.0 Å². The fraction of sp³-hybridized carbons (Fsp3) is 0.588. The molecular weight excluding hydrogens is 312 g/mol. The van der Waals surface area contributed by atoms with Gasteiger partial charge in [-0.3, -0.25) is 0 Å². The Morgan fingerprint density at radius 3 is 2.52 bits per heavy atom. The minimum Gasteiger partial charge on any atom is -0.333 e. The van der Waals surface area contributed by atoms with Gasteiger partial charge in [-0.25, -0.2) is 13.2 Å². The number of sulfone groups is 1. The largest absolute Gasteiger partial charge is 0.333 e. The number of hydrogen-bond donors (Lipinski definition) is 1. The molecule has 6 heteroatoms. The van der Waals surface area contributed by atoms with Gasteiger partial charge in [0.05, 0.1) is 10.6 Å². The molecule has 1 atom stereocenters. The maximum atomic E-state index is 12.5. The second kappa shape index (κ2) is 6.91. The lowest BCUT2D eigenvalue weighted by atomic mass is 10.0. The molecule has 0 spiro atoms. The zero-order chi connectivity index (χ0) is 17.1. The van der Waals surface area contributed by atoms with Crippen molar-refractivity contribution in [3.8, 4) is 0 Å². The molecule has 1 aromatic rings. The third kappa shape index (κ3) is 5.23. The fourth-order valence-corrected chi connectivity index (χ4v) is 4.48. The van der Waals surface area contributed by atoms with E-state index < -0.39 is 9.84 Å². The van der Waals surface area contributed by atoms with Crippen LogP contribution in [-0.2, 0) is 9.84 Å². The van der Waals surface area contributed by atoms with E-state index in [1.54, 1.807) is 35.2 Å². The Hall–Kier alpha value is -1.56. The molecule has 1 aliphatic heterocycles. The summed E-state index contributed by atoms with van der Waals surface area (Å²) in [5.74, 6) is 0.0794. The third-order valence-corrected chi connectivity index (χ3v) is 5.75. The second-order valence-electron chi connectivity index (χ2n) is 7.23. The van der Waals surface area contributed by atoms with Crippen molar-refractivity contribution in [3.63, 3.8) is 0 Å². The molecule has 1 fully saturated rings. The molecule has 0 bridgehead atoms. The van der Waals surface area contributed by atoms with Gasteiger partial charge in [0.2, 0.25) is 0 Å². The average molecular weight is 338 g/mol. The highest BCUT2D eigenvalue weighted by molar-refractivity contribution is 7.91. The predicted octanol–water partition coefficient (Wildman–Crippen LogP) is 2.68. The number of piperidine rings is 1. The number of likely N-dealkylation sites (tertiary alicyclic amines) is 1. The van der Waals surface area contributed by atoms with Crippen molar-refractivity contribution in [2.45, 2.75) is 44.0 Å². The zero-order valence-electron chi connectivity index (χ0n) is 14.1. The molecule has 23 heavy (non-hydrogen) atoms. The summed E-state index contributed by atoms with van der Waals surface area (Å²) in [6.45, 7) is 6.99. The molecule has 1 heterocycles. The van der Waals surface area contributed by atoms with Gasteiger partial charge < -0.3 is 10.2 Å². The first-order chi connectivity index (χ1) is 10.7. The van der Waals surface area contributed by atoms with E-state index in [1.165, 1.54) is 0 Å². The smallest absolute Gasteiger partial charge is 0.317 e. The number of carbonyl (C=O) groups excluding carboxylic acids is 1. The van der Waals surface area contributed by atoms with Crippen LogP contribution < -0.4 is 5.32 Å². The Morgan fingerprint density at radius 2 is 1.91 bits per heavy atom. The molecule has 0 aliphatic carbocycles. The Bertz CT molecular complexity index is 636. The first kappa shape index (κ1) is 17.8. The van der Waals surface area contributed by atoms with Crippen molar-refractivity contribution in [3.05, 3.63) is 30.3 Å². The van der Waals surface area contributed by atoms with Crippen molar-refractivity contribution < 1.29 is 13.2 Å². The standard InChI is InChI=1S/C17H26N2O3S/c1-17(2,3)18-16(20)19-11-7-8-14(12-19)13-23(21,22)15-9-5-4-6-10-15/h4-6,9-10,14H,7-8,11-13H2,1-3H3,(H,18,20). The molecule has 5 nitrogen and oxygen atoms in total. The van der Waals surface area contributed by atoms with Crippen molar-refractivity contribution in [2.24, 2.45) is 5.92 Å². The summed E-state index contributed by atoms with van der Waals surface area (Å²) in [6.07, 6.45) is 1.68.